The Morgan fingerprint density at radius 3 is 2.60 bits per heavy atom. The van der Waals surface area contributed by atoms with Crippen molar-refractivity contribution in [3.05, 3.63) is 117 Å². The Bertz CT molecular complexity index is 1910. The van der Waals surface area contributed by atoms with E-state index in [0.29, 0.717) is 42.7 Å². The van der Waals surface area contributed by atoms with E-state index in [-0.39, 0.29) is 24.3 Å². The molecule has 1 atom stereocenters. The number of hydrogen-bond acceptors (Lipinski definition) is 8. The van der Waals surface area contributed by atoms with Crippen molar-refractivity contribution in [1.82, 2.24) is 4.57 Å². The molecule has 0 spiro atoms. The molecular formula is C31H23ClIN3O5S. The van der Waals surface area contributed by atoms with Gasteiger partial charge >= 0.3 is 5.97 Å². The first-order valence-electron chi connectivity index (χ1n) is 12.8. The molecule has 0 N–H and O–H groups in total. The van der Waals surface area contributed by atoms with Gasteiger partial charge in [0.2, 0.25) is 0 Å². The third kappa shape index (κ3) is 5.86. The van der Waals surface area contributed by atoms with Crippen molar-refractivity contribution >= 4 is 63.3 Å². The second kappa shape index (κ2) is 12.9. The second-order valence-corrected chi connectivity index (χ2v) is 11.6. The normalized spacial score (nSPS) is 14.5. The van der Waals surface area contributed by atoms with E-state index in [1.807, 2.05) is 42.5 Å². The Balaban J connectivity index is 1.77. The van der Waals surface area contributed by atoms with Gasteiger partial charge in [-0.15, -0.1) is 0 Å². The van der Waals surface area contributed by atoms with Crippen molar-refractivity contribution in [2.45, 2.75) is 13.0 Å². The second-order valence-electron chi connectivity index (χ2n) is 8.96. The minimum atomic E-state index is -0.800. The van der Waals surface area contributed by atoms with Crippen LogP contribution in [0.4, 0.5) is 0 Å². The molecule has 0 bridgehead atoms. The van der Waals surface area contributed by atoms with Gasteiger partial charge in [-0.1, -0.05) is 65.4 Å². The number of hydrogen-bond donors (Lipinski definition) is 0. The monoisotopic (exact) mass is 711 g/mol. The number of carbonyl (C=O) groups is 1. The average Bonchev–Trinajstić information content (AvgIpc) is 3.30. The third-order valence-corrected chi connectivity index (χ3v) is 8.43. The molecular weight excluding hydrogens is 689 g/mol. The lowest BCUT2D eigenvalue weighted by molar-refractivity contribution is -0.138. The third-order valence-electron chi connectivity index (χ3n) is 6.39. The summed E-state index contributed by atoms with van der Waals surface area (Å²) in [7, 11) is 1.51. The number of methoxy groups -OCH3 is 1. The van der Waals surface area contributed by atoms with Crippen LogP contribution in [0.5, 0.6) is 11.5 Å². The number of ether oxygens (including phenoxy) is 3. The zero-order valence-corrected chi connectivity index (χ0v) is 26.2. The van der Waals surface area contributed by atoms with E-state index in [4.69, 9.17) is 36.1 Å². The van der Waals surface area contributed by atoms with Gasteiger partial charge in [-0.05, 0) is 71.0 Å². The van der Waals surface area contributed by atoms with Crippen LogP contribution >= 0.6 is 45.5 Å². The number of aromatic nitrogens is 1. The van der Waals surface area contributed by atoms with E-state index in [1.165, 1.54) is 23.0 Å². The van der Waals surface area contributed by atoms with Gasteiger partial charge in [-0.25, -0.2) is 9.79 Å². The summed E-state index contributed by atoms with van der Waals surface area (Å²) in [4.78, 5) is 32.9. The lowest BCUT2D eigenvalue weighted by Gasteiger charge is -2.25. The van der Waals surface area contributed by atoms with Crippen molar-refractivity contribution < 1.29 is 19.0 Å². The molecule has 3 aromatic carbocycles. The number of esters is 1. The van der Waals surface area contributed by atoms with Gasteiger partial charge in [0.15, 0.2) is 22.9 Å². The minimum absolute atomic E-state index is 0.123. The molecule has 0 saturated carbocycles. The maximum atomic E-state index is 14.1. The van der Waals surface area contributed by atoms with E-state index >= 15 is 0 Å². The van der Waals surface area contributed by atoms with Gasteiger partial charge in [-0.3, -0.25) is 9.36 Å². The molecule has 5 rings (SSSR count). The van der Waals surface area contributed by atoms with E-state index in [0.717, 1.165) is 9.13 Å². The molecule has 2 heterocycles. The van der Waals surface area contributed by atoms with Crippen molar-refractivity contribution in [1.29, 1.82) is 5.26 Å². The molecule has 1 aromatic heterocycles. The fraction of sp³-hybridized carbons (Fsp3) is 0.161. The van der Waals surface area contributed by atoms with E-state index in [1.54, 1.807) is 43.3 Å². The first-order valence-corrected chi connectivity index (χ1v) is 15.0. The molecule has 1 aliphatic heterocycles. The van der Waals surface area contributed by atoms with E-state index in [2.05, 4.69) is 22.6 Å². The Morgan fingerprint density at radius 2 is 1.93 bits per heavy atom. The van der Waals surface area contributed by atoms with Crippen molar-refractivity contribution in [3.63, 3.8) is 0 Å². The van der Waals surface area contributed by atoms with Crippen LogP contribution in [0.1, 0.15) is 29.7 Å². The minimum Gasteiger partial charge on any atom is -0.493 e. The highest BCUT2D eigenvalue weighted by Crippen LogP contribution is 2.36. The Kier molecular flexibility index (Phi) is 9.11. The number of nitrogens with zero attached hydrogens (tertiary/aromatic N) is 3. The Morgan fingerprint density at radius 1 is 1.19 bits per heavy atom. The molecule has 0 aliphatic carbocycles. The summed E-state index contributed by atoms with van der Waals surface area (Å²) in [5.41, 5.74) is 2.50. The van der Waals surface area contributed by atoms with E-state index < -0.39 is 12.0 Å². The van der Waals surface area contributed by atoms with Crippen LogP contribution in [0.25, 0.3) is 11.8 Å². The molecule has 8 nitrogen and oxygen atoms in total. The highest BCUT2D eigenvalue weighted by molar-refractivity contribution is 14.1. The number of fused-ring (bicyclic) bond motifs is 1. The molecule has 0 fully saturated rings. The SMILES string of the molecule is CCOC(=O)C1=C(c2ccccc2)N=c2s/c(=C\c3cc(I)c(OCC#N)c(OC)c3)c(=O)n2[C@H]1c1ccc(Cl)cc1. The van der Waals surface area contributed by atoms with E-state index in [9.17, 15) is 9.59 Å². The summed E-state index contributed by atoms with van der Waals surface area (Å²) < 4.78 is 19.2. The first-order chi connectivity index (χ1) is 20.4. The lowest BCUT2D eigenvalue weighted by Crippen LogP contribution is -2.40. The molecule has 4 aromatic rings. The average molecular weight is 712 g/mol. The van der Waals surface area contributed by atoms with Gasteiger partial charge in [0, 0.05) is 10.6 Å². The number of rotatable bonds is 8. The number of nitriles is 1. The summed E-state index contributed by atoms with van der Waals surface area (Å²) in [5.74, 6) is 0.334. The summed E-state index contributed by atoms with van der Waals surface area (Å²) in [6.07, 6.45) is 1.75. The number of halogens is 2. The van der Waals surface area contributed by atoms with Gasteiger partial charge in [-0.2, -0.15) is 5.26 Å². The lowest BCUT2D eigenvalue weighted by atomic mass is 9.93. The molecule has 212 valence electrons. The highest BCUT2D eigenvalue weighted by Gasteiger charge is 2.35. The standard InChI is InChI=1S/C31H23ClIN3O5S/c1-3-40-30(38)25-26(19-7-5-4-6-8-19)35-31-36(27(25)20-9-11-21(32)12-10-20)29(37)24(42-31)17-18-15-22(33)28(41-14-13-34)23(16-18)39-2/h4-12,15-17,27H,3,14H2,1-2H3/b24-17-/t27-/m0/s1. The number of thiazole rings is 1. The topological polar surface area (TPSA) is 103 Å². The first kappa shape index (κ1) is 29.6. The van der Waals surface area contributed by atoms with Gasteiger partial charge in [0.05, 0.1) is 39.1 Å². The van der Waals surface area contributed by atoms with Crippen molar-refractivity contribution in [3.8, 4) is 17.6 Å². The van der Waals surface area contributed by atoms with Crippen molar-refractivity contribution in [2.75, 3.05) is 20.3 Å². The van der Waals surface area contributed by atoms with Crippen LogP contribution < -0.4 is 24.4 Å². The molecule has 0 saturated heterocycles. The van der Waals surface area contributed by atoms with Gasteiger partial charge in [0.1, 0.15) is 6.07 Å². The smallest absolute Gasteiger partial charge is 0.338 e. The molecule has 0 unspecified atom stereocenters. The van der Waals surface area contributed by atoms with Gasteiger partial charge < -0.3 is 14.2 Å². The van der Waals surface area contributed by atoms with Crippen LogP contribution in [0, 0.1) is 14.9 Å². The Labute approximate surface area is 263 Å². The summed E-state index contributed by atoms with van der Waals surface area (Å²) in [6, 6.07) is 21.1. The zero-order valence-electron chi connectivity index (χ0n) is 22.5. The predicted molar refractivity (Wildman–Crippen MR) is 169 cm³/mol. The zero-order chi connectivity index (χ0) is 29.8. The maximum absolute atomic E-state index is 14.1. The molecule has 11 heteroatoms. The van der Waals surface area contributed by atoms with Crippen molar-refractivity contribution in [2.24, 2.45) is 4.99 Å². The fourth-order valence-electron chi connectivity index (χ4n) is 4.62. The summed E-state index contributed by atoms with van der Waals surface area (Å²) in [5, 5.41) is 9.46. The van der Waals surface area contributed by atoms with Crippen LogP contribution in [0.2, 0.25) is 5.02 Å². The summed E-state index contributed by atoms with van der Waals surface area (Å²) in [6.45, 7) is 1.78. The summed E-state index contributed by atoms with van der Waals surface area (Å²) >= 11 is 9.52. The van der Waals surface area contributed by atoms with Gasteiger partial charge in [0.25, 0.3) is 5.56 Å². The maximum Gasteiger partial charge on any atom is 0.338 e. The largest absolute Gasteiger partial charge is 0.493 e. The fourth-order valence-corrected chi connectivity index (χ4v) is 6.53. The molecule has 42 heavy (non-hydrogen) atoms. The quantitative estimate of drug-likeness (QED) is 0.186. The number of carbonyl (C=O) groups excluding carboxylic acids is 1. The predicted octanol–water partition coefficient (Wildman–Crippen LogP) is 5.10. The number of benzene rings is 3. The highest BCUT2D eigenvalue weighted by atomic mass is 127. The molecule has 0 amide bonds. The van der Waals surface area contributed by atoms with Crippen LogP contribution in [-0.4, -0.2) is 30.9 Å². The van der Waals surface area contributed by atoms with Crippen LogP contribution in [-0.2, 0) is 9.53 Å². The molecule has 0 radical (unpaired) electrons. The van der Waals surface area contributed by atoms with Crippen LogP contribution in [0.3, 0.4) is 0 Å². The van der Waals surface area contributed by atoms with Crippen LogP contribution in [0.15, 0.2) is 82.1 Å². The Hall–Kier alpha value is -3.92. The molecule has 1 aliphatic rings.